The normalized spacial score (nSPS) is 14.1. The summed E-state index contributed by atoms with van der Waals surface area (Å²) in [5, 5.41) is 3.71. The van der Waals surface area contributed by atoms with Crippen LogP contribution in [0.2, 0.25) is 0 Å². The fourth-order valence-electron chi connectivity index (χ4n) is 2.97. The van der Waals surface area contributed by atoms with E-state index in [9.17, 15) is 18.0 Å². The van der Waals surface area contributed by atoms with E-state index >= 15 is 0 Å². The van der Waals surface area contributed by atoms with E-state index in [1.165, 1.54) is 12.1 Å². The van der Waals surface area contributed by atoms with Gasteiger partial charge in [-0.1, -0.05) is 5.10 Å². The molecule has 0 saturated carbocycles. The first-order valence-electron chi connectivity index (χ1n) is 9.45. The van der Waals surface area contributed by atoms with Gasteiger partial charge in [-0.2, -0.15) is 4.68 Å². The molecule has 4 rings (SSSR count). The second-order valence-corrected chi connectivity index (χ2v) is 6.64. The Balaban J connectivity index is 0.00000289. The first-order valence-corrected chi connectivity index (χ1v) is 9.45. The monoisotopic (exact) mass is 473 g/mol. The molecule has 0 bridgehead atoms. The van der Waals surface area contributed by atoms with Gasteiger partial charge in [0, 0.05) is 31.8 Å². The van der Waals surface area contributed by atoms with Crippen molar-refractivity contribution in [2.45, 2.75) is 0 Å². The number of hydrogen-bond donors (Lipinski definition) is 0. The summed E-state index contributed by atoms with van der Waals surface area (Å²) in [6, 6.07) is 6.47. The summed E-state index contributed by atoms with van der Waals surface area (Å²) < 4.78 is 62.5. The average Bonchev–Trinajstić information content (AvgIpc) is 3.11. The van der Waals surface area contributed by atoms with Crippen LogP contribution in [-0.2, 0) is 4.74 Å². The van der Waals surface area contributed by atoms with Gasteiger partial charge in [0.1, 0.15) is 23.9 Å². The summed E-state index contributed by atoms with van der Waals surface area (Å²) in [6.45, 7) is 4.03. The maximum atomic E-state index is 14.6. The highest BCUT2D eigenvalue weighted by molar-refractivity contribution is 5.85. The van der Waals surface area contributed by atoms with Crippen molar-refractivity contribution in [1.29, 1.82) is 0 Å². The summed E-state index contributed by atoms with van der Waals surface area (Å²) in [4.78, 5) is 14.2. The predicted octanol–water partition coefficient (Wildman–Crippen LogP) is 3.17. The third-order valence-corrected chi connectivity index (χ3v) is 4.55. The van der Waals surface area contributed by atoms with E-state index < -0.39 is 35.0 Å². The molecule has 0 amide bonds. The third kappa shape index (κ3) is 5.61. The summed E-state index contributed by atoms with van der Waals surface area (Å²) in [5.74, 6) is -3.75. The van der Waals surface area contributed by atoms with E-state index in [1.54, 1.807) is 0 Å². The van der Waals surface area contributed by atoms with E-state index in [2.05, 4.69) is 10.00 Å². The quantitative estimate of drug-likeness (QED) is 0.521. The van der Waals surface area contributed by atoms with Crippen LogP contribution < -0.4 is 15.2 Å². The van der Waals surface area contributed by atoms with Crippen LogP contribution in [0.5, 0.6) is 17.6 Å². The molecule has 8 nitrogen and oxygen atoms in total. The van der Waals surface area contributed by atoms with Crippen LogP contribution in [0.3, 0.4) is 0 Å². The lowest BCUT2D eigenvalue weighted by molar-refractivity contribution is 0.0322. The molecule has 32 heavy (non-hydrogen) atoms. The van der Waals surface area contributed by atoms with Gasteiger partial charge >= 0.3 is 11.8 Å². The van der Waals surface area contributed by atoms with Gasteiger partial charge in [-0.15, -0.1) is 12.4 Å². The highest BCUT2D eigenvalue weighted by atomic mass is 35.5. The van der Waals surface area contributed by atoms with Crippen molar-refractivity contribution in [3.8, 4) is 23.3 Å². The summed E-state index contributed by atoms with van der Waals surface area (Å²) in [5.41, 5.74) is -0.205. The van der Waals surface area contributed by atoms with Crippen molar-refractivity contribution < 1.29 is 31.8 Å². The number of rotatable bonds is 7. The van der Waals surface area contributed by atoms with Gasteiger partial charge in [-0.3, -0.25) is 4.90 Å². The van der Waals surface area contributed by atoms with Crippen LogP contribution in [0, 0.1) is 17.5 Å². The van der Waals surface area contributed by atoms with Crippen molar-refractivity contribution in [3.63, 3.8) is 0 Å². The van der Waals surface area contributed by atoms with Crippen LogP contribution in [-0.4, -0.2) is 54.1 Å². The van der Waals surface area contributed by atoms with Gasteiger partial charge in [0.15, 0.2) is 17.4 Å². The van der Waals surface area contributed by atoms with Gasteiger partial charge in [0.25, 0.3) is 0 Å². The Hall–Kier alpha value is -3.02. The van der Waals surface area contributed by atoms with Gasteiger partial charge in [0.05, 0.1) is 13.2 Å². The summed E-state index contributed by atoms with van der Waals surface area (Å²) >= 11 is 0. The van der Waals surface area contributed by atoms with Crippen LogP contribution >= 0.6 is 12.4 Å². The molecule has 1 fully saturated rings. The zero-order chi connectivity index (χ0) is 21.8. The predicted molar refractivity (Wildman–Crippen MR) is 108 cm³/mol. The molecule has 1 aromatic heterocycles. The second-order valence-electron chi connectivity index (χ2n) is 6.64. The van der Waals surface area contributed by atoms with Crippen LogP contribution in [0.4, 0.5) is 13.2 Å². The Morgan fingerprint density at radius 3 is 2.53 bits per heavy atom. The Morgan fingerprint density at radius 2 is 1.81 bits per heavy atom. The molecule has 0 spiro atoms. The first kappa shape index (κ1) is 23.6. The number of aromatic nitrogens is 2. The molecule has 1 saturated heterocycles. The Morgan fingerprint density at radius 1 is 1.03 bits per heavy atom. The zero-order valence-electron chi connectivity index (χ0n) is 16.6. The molecule has 1 aliphatic heterocycles. The highest BCUT2D eigenvalue weighted by Gasteiger charge is 2.17. The molecule has 12 heteroatoms. The molecular weight excluding hydrogens is 455 g/mol. The van der Waals surface area contributed by atoms with Gasteiger partial charge in [0.2, 0.25) is 0 Å². The smallest absolute Gasteiger partial charge is 0.444 e. The Labute approximate surface area is 186 Å². The van der Waals surface area contributed by atoms with Gasteiger partial charge in [-0.05, 0) is 24.3 Å². The van der Waals surface area contributed by atoms with Crippen LogP contribution in [0.25, 0.3) is 5.69 Å². The maximum absolute atomic E-state index is 14.6. The van der Waals surface area contributed by atoms with Crippen LogP contribution in [0.15, 0.2) is 45.6 Å². The lowest BCUT2D eigenvalue weighted by atomic mass is 10.3. The molecule has 172 valence electrons. The fourth-order valence-corrected chi connectivity index (χ4v) is 2.97. The largest absolute Gasteiger partial charge is 0.492 e. The fraction of sp³-hybridized carbons (Fsp3) is 0.300. The molecule has 3 aromatic rings. The number of hydrogen-bond acceptors (Lipinski definition) is 7. The molecule has 0 atom stereocenters. The standard InChI is InChI=1S/C20H18F3N3O5.ClH/c21-13-1-4-18(16(23)11-13)30-19-24-26(20(27)31-19)17-3-2-14(12-15(17)22)29-10-7-25-5-8-28-9-6-25;/h1-4,11-12H,5-10H2;1H. The maximum Gasteiger partial charge on any atom is 0.444 e. The van der Waals surface area contributed by atoms with E-state index in [0.29, 0.717) is 37.1 Å². The molecule has 0 radical (unpaired) electrons. The van der Waals surface area contributed by atoms with Crippen molar-refractivity contribution in [3.05, 3.63) is 64.4 Å². The average molecular weight is 474 g/mol. The minimum Gasteiger partial charge on any atom is -0.492 e. The number of halogens is 4. The molecule has 2 heterocycles. The van der Waals surface area contributed by atoms with Crippen molar-refractivity contribution in [1.82, 2.24) is 14.7 Å². The molecule has 1 aliphatic rings. The number of ether oxygens (including phenoxy) is 3. The highest BCUT2D eigenvalue weighted by Crippen LogP contribution is 2.24. The third-order valence-electron chi connectivity index (χ3n) is 4.55. The zero-order valence-corrected chi connectivity index (χ0v) is 17.4. The molecular formula is C20H19ClF3N3O5. The topological polar surface area (TPSA) is 79.0 Å². The van der Waals surface area contributed by atoms with E-state index in [0.717, 1.165) is 31.3 Å². The SMILES string of the molecule is Cl.O=c1oc(Oc2ccc(F)cc2F)nn1-c1ccc(OCCN2CCOCC2)cc1F. The minimum absolute atomic E-state index is 0. The van der Waals surface area contributed by atoms with E-state index in [1.807, 2.05) is 0 Å². The van der Waals surface area contributed by atoms with Crippen molar-refractivity contribution >= 4 is 12.4 Å². The second kappa shape index (κ2) is 10.5. The van der Waals surface area contributed by atoms with E-state index in [4.69, 9.17) is 18.6 Å². The minimum atomic E-state index is -1.04. The molecule has 0 unspecified atom stereocenters. The van der Waals surface area contributed by atoms with Gasteiger partial charge in [-0.25, -0.2) is 18.0 Å². The number of morpholine rings is 1. The first-order chi connectivity index (χ1) is 15.0. The summed E-state index contributed by atoms with van der Waals surface area (Å²) in [7, 11) is 0. The lowest BCUT2D eigenvalue weighted by Gasteiger charge is -2.26. The number of benzene rings is 2. The van der Waals surface area contributed by atoms with Crippen molar-refractivity contribution in [2.24, 2.45) is 0 Å². The summed E-state index contributed by atoms with van der Waals surface area (Å²) in [6.07, 6.45) is -0.624. The number of nitrogens with zero attached hydrogens (tertiary/aromatic N) is 3. The molecule has 0 N–H and O–H groups in total. The molecule has 0 aliphatic carbocycles. The van der Waals surface area contributed by atoms with Crippen molar-refractivity contribution in [2.75, 3.05) is 39.5 Å². The van der Waals surface area contributed by atoms with Crippen LogP contribution in [0.1, 0.15) is 0 Å². The van der Waals surface area contributed by atoms with Gasteiger partial charge < -0.3 is 18.6 Å². The Kier molecular flexibility index (Phi) is 7.78. The molecule has 2 aromatic carbocycles. The Bertz CT molecular complexity index is 1120. The lowest BCUT2D eigenvalue weighted by Crippen LogP contribution is -2.38. The van der Waals surface area contributed by atoms with E-state index in [-0.39, 0.29) is 23.8 Å².